The molecule has 0 bridgehead atoms. The van der Waals surface area contributed by atoms with Crippen LogP contribution in [0.4, 0.5) is 14.9 Å². The number of ether oxygens (including phenoxy) is 1. The fraction of sp³-hybridized carbons (Fsp3) is 0.586. The van der Waals surface area contributed by atoms with Crippen molar-refractivity contribution in [3.05, 3.63) is 41.7 Å². The molecule has 0 spiro atoms. The molecule has 5 unspecified atom stereocenters. The first-order valence-electron chi connectivity index (χ1n) is 14.4. The Bertz CT molecular complexity index is 1410. The maximum atomic E-state index is 14.2. The predicted molar refractivity (Wildman–Crippen MR) is 151 cm³/mol. The summed E-state index contributed by atoms with van der Waals surface area (Å²) in [5.41, 5.74) is -0.761. The number of hydrogen-bond donors (Lipinski definition) is 3. The van der Waals surface area contributed by atoms with Crippen LogP contribution in [0, 0.1) is 30.5 Å². The van der Waals surface area contributed by atoms with Crippen molar-refractivity contribution in [2.24, 2.45) is 17.8 Å². The molecule has 13 heteroatoms. The van der Waals surface area contributed by atoms with Gasteiger partial charge in [0.25, 0.3) is 5.91 Å². The van der Waals surface area contributed by atoms with Crippen molar-refractivity contribution >= 4 is 39.5 Å². The highest BCUT2D eigenvalue weighted by molar-refractivity contribution is 7.91. The summed E-state index contributed by atoms with van der Waals surface area (Å²) in [6.45, 7) is 2.24. The Kier molecular flexibility index (Phi) is 8.32. The number of nitrogens with one attached hydrogen (secondary N) is 3. The summed E-state index contributed by atoms with van der Waals surface area (Å²) in [7, 11) is -2.18. The quantitative estimate of drug-likeness (QED) is 0.437. The second kappa shape index (κ2) is 11.7. The molecule has 0 aromatic heterocycles. The van der Waals surface area contributed by atoms with Crippen LogP contribution < -0.4 is 15.4 Å². The van der Waals surface area contributed by atoms with Crippen molar-refractivity contribution < 1.29 is 36.7 Å². The smallest absolute Gasteiger partial charge is 0.411 e. The number of halogens is 1. The largest absolute Gasteiger partial charge is 0.446 e. The monoisotopic (exact) mass is 604 g/mol. The van der Waals surface area contributed by atoms with E-state index in [1.54, 1.807) is 24.9 Å². The van der Waals surface area contributed by atoms with Gasteiger partial charge in [-0.1, -0.05) is 18.2 Å². The molecule has 3 N–H and O–H groups in total. The SMILES string of the molecule is Cc1ccc(F)c(NC(=O)OC2CC3C(=O)NC4(C(=O)NS(=O)(=O)C5CC5)CC4C=CCCCCN(C)C(=O)C3C2)c1. The number of benzene rings is 1. The first kappa shape index (κ1) is 30.0. The lowest BCUT2D eigenvalue weighted by Crippen LogP contribution is -2.54. The molecule has 4 amide bonds. The minimum atomic E-state index is -3.84. The maximum Gasteiger partial charge on any atom is 0.411 e. The second-order valence-corrected chi connectivity index (χ2v) is 13.9. The minimum absolute atomic E-state index is 0.0123. The molecule has 1 aliphatic heterocycles. The summed E-state index contributed by atoms with van der Waals surface area (Å²) in [5, 5.41) is 4.57. The number of aryl methyl sites for hydroxylation is 1. The Morgan fingerprint density at radius 1 is 1.14 bits per heavy atom. The molecule has 3 saturated carbocycles. The van der Waals surface area contributed by atoms with Gasteiger partial charge in [0.15, 0.2) is 0 Å². The van der Waals surface area contributed by atoms with Gasteiger partial charge in [-0.05, 0) is 76.0 Å². The first-order chi connectivity index (χ1) is 19.9. The fourth-order valence-electron chi connectivity index (χ4n) is 5.92. The number of hydrogen-bond acceptors (Lipinski definition) is 7. The van der Waals surface area contributed by atoms with E-state index in [1.807, 2.05) is 12.2 Å². The molecule has 42 heavy (non-hydrogen) atoms. The number of rotatable bonds is 5. The van der Waals surface area contributed by atoms with Gasteiger partial charge in [0, 0.05) is 19.5 Å². The Morgan fingerprint density at radius 3 is 2.62 bits per heavy atom. The van der Waals surface area contributed by atoms with Crippen molar-refractivity contribution in [1.82, 2.24) is 14.9 Å². The van der Waals surface area contributed by atoms with Gasteiger partial charge in [-0.15, -0.1) is 0 Å². The van der Waals surface area contributed by atoms with E-state index in [1.165, 1.54) is 12.1 Å². The van der Waals surface area contributed by atoms with E-state index in [0.29, 0.717) is 25.8 Å². The Balaban J connectivity index is 1.35. The summed E-state index contributed by atoms with van der Waals surface area (Å²) in [6.07, 6.45) is 5.57. The third-order valence-electron chi connectivity index (χ3n) is 8.63. The zero-order valence-corrected chi connectivity index (χ0v) is 24.5. The number of amides is 4. The van der Waals surface area contributed by atoms with Crippen LogP contribution >= 0.6 is 0 Å². The van der Waals surface area contributed by atoms with Gasteiger partial charge in [-0.3, -0.25) is 24.4 Å². The van der Waals surface area contributed by atoms with Gasteiger partial charge in [0.1, 0.15) is 17.5 Å². The number of sulfonamides is 1. The molecule has 1 aromatic rings. The summed E-state index contributed by atoms with van der Waals surface area (Å²) in [5.74, 6) is -4.41. The lowest BCUT2D eigenvalue weighted by molar-refractivity contribution is -0.140. The average molecular weight is 605 g/mol. The number of fused-ring (bicyclic) bond motifs is 2. The zero-order valence-electron chi connectivity index (χ0n) is 23.7. The molecule has 5 atom stereocenters. The lowest BCUT2D eigenvalue weighted by Gasteiger charge is -2.26. The van der Waals surface area contributed by atoms with Crippen LogP contribution in [0.1, 0.15) is 56.9 Å². The standard InChI is InChI=1S/C29H37FN4O7S/c1-17-8-11-23(30)24(13-17)31-28(38)41-19-14-21-22(15-19)26(36)34(2)12-6-4-3-5-7-18-16-29(18,32-25(21)35)27(37)33-42(39,40)20-9-10-20/h5,7-8,11,13,18-22H,3-4,6,9-10,12,14-16H2,1-2H3,(H,31,38)(H,32,35)(H,33,37). The molecule has 1 aromatic carbocycles. The minimum Gasteiger partial charge on any atom is -0.446 e. The molecular weight excluding hydrogens is 567 g/mol. The molecule has 5 rings (SSSR count). The normalized spacial score (nSPS) is 29.9. The van der Waals surface area contributed by atoms with Crippen LogP contribution in [0.5, 0.6) is 0 Å². The molecule has 0 radical (unpaired) electrons. The maximum absolute atomic E-state index is 14.2. The van der Waals surface area contributed by atoms with Crippen LogP contribution in [-0.2, 0) is 29.1 Å². The van der Waals surface area contributed by atoms with Gasteiger partial charge in [-0.25, -0.2) is 17.6 Å². The molecule has 1 heterocycles. The predicted octanol–water partition coefficient (Wildman–Crippen LogP) is 2.76. The van der Waals surface area contributed by atoms with Crippen LogP contribution in [0.15, 0.2) is 30.4 Å². The van der Waals surface area contributed by atoms with Crippen LogP contribution in [0.2, 0.25) is 0 Å². The topological polar surface area (TPSA) is 151 Å². The van der Waals surface area contributed by atoms with Crippen molar-refractivity contribution in [2.75, 3.05) is 18.9 Å². The molecule has 0 saturated heterocycles. The highest BCUT2D eigenvalue weighted by Gasteiger charge is 2.62. The number of carbonyl (C=O) groups excluding carboxylic acids is 4. The average Bonchev–Trinajstić information content (AvgIpc) is 3.85. The number of anilines is 1. The van der Waals surface area contributed by atoms with E-state index in [0.717, 1.165) is 18.4 Å². The summed E-state index contributed by atoms with van der Waals surface area (Å²) >= 11 is 0. The van der Waals surface area contributed by atoms with Gasteiger partial charge in [-0.2, -0.15) is 0 Å². The number of nitrogens with zero attached hydrogens (tertiary/aromatic N) is 1. The van der Waals surface area contributed by atoms with Crippen molar-refractivity contribution in [2.45, 2.75) is 75.2 Å². The van der Waals surface area contributed by atoms with E-state index in [-0.39, 0.29) is 36.8 Å². The molecule has 228 valence electrons. The Morgan fingerprint density at radius 2 is 1.88 bits per heavy atom. The van der Waals surface area contributed by atoms with Crippen LogP contribution in [-0.4, -0.2) is 67.6 Å². The molecular formula is C29H37FN4O7S. The van der Waals surface area contributed by atoms with Crippen molar-refractivity contribution in [3.8, 4) is 0 Å². The van der Waals surface area contributed by atoms with Gasteiger partial charge >= 0.3 is 6.09 Å². The first-order valence-corrected chi connectivity index (χ1v) is 16.0. The lowest BCUT2D eigenvalue weighted by atomic mass is 9.93. The van der Waals surface area contributed by atoms with Crippen LogP contribution in [0.3, 0.4) is 0 Å². The number of carbonyl (C=O) groups is 4. The molecule has 4 aliphatic rings. The van der Waals surface area contributed by atoms with E-state index >= 15 is 0 Å². The Hall–Kier alpha value is -3.48. The third-order valence-corrected chi connectivity index (χ3v) is 10.4. The third kappa shape index (κ3) is 6.45. The van der Waals surface area contributed by atoms with E-state index < -0.39 is 62.5 Å². The highest BCUT2D eigenvalue weighted by atomic mass is 32.2. The van der Waals surface area contributed by atoms with Gasteiger partial charge < -0.3 is 15.0 Å². The molecule has 3 fully saturated rings. The second-order valence-electron chi connectivity index (χ2n) is 12.0. The molecule has 3 aliphatic carbocycles. The summed E-state index contributed by atoms with van der Waals surface area (Å²) in [4.78, 5) is 54.8. The highest BCUT2D eigenvalue weighted by Crippen LogP contribution is 2.47. The fourth-order valence-corrected chi connectivity index (χ4v) is 7.28. The Labute approximate surface area is 244 Å². The van der Waals surface area contributed by atoms with Crippen molar-refractivity contribution in [3.63, 3.8) is 0 Å². The van der Waals surface area contributed by atoms with Gasteiger partial charge in [0.05, 0.1) is 22.8 Å². The van der Waals surface area contributed by atoms with Crippen molar-refractivity contribution in [1.29, 1.82) is 0 Å². The van der Waals surface area contributed by atoms with E-state index in [9.17, 15) is 32.0 Å². The summed E-state index contributed by atoms with van der Waals surface area (Å²) in [6, 6.07) is 4.25. The zero-order chi connectivity index (χ0) is 30.2. The number of allylic oxidation sites excluding steroid dienone is 1. The van der Waals surface area contributed by atoms with Gasteiger partial charge in [0.2, 0.25) is 21.8 Å². The summed E-state index contributed by atoms with van der Waals surface area (Å²) < 4.78 is 46.9. The van der Waals surface area contributed by atoms with E-state index in [4.69, 9.17) is 4.74 Å². The molecule has 11 nitrogen and oxygen atoms in total. The van der Waals surface area contributed by atoms with Crippen LogP contribution in [0.25, 0.3) is 0 Å². The van der Waals surface area contributed by atoms with E-state index in [2.05, 4.69) is 15.4 Å².